The van der Waals surface area contributed by atoms with Crippen LogP contribution in [-0.2, 0) is 14.8 Å². The lowest BCUT2D eigenvalue weighted by molar-refractivity contribution is 0.0730. The topological polar surface area (TPSA) is 67.1 Å². The van der Waals surface area contributed by atoms with E-state index in [1.54, 1.807) is 6.07 Å². The number of anilines is 1. The minimum absolute atomic E-state index is 0.320. The van der Waals surface area contributed by atoms with Crippen LogP contribution in [0.2, 0.25) is 0 Å². The maximum absolute atomic E-state index is 13.6. The average Bonchev–Trinajstić information content (AvgIpc) is 3.60. The van der Waals surface area contributed by atoms with Crippen LogP contribution in [-0.4, -0.2) is 62.9 Å². The smallest absolute Gasteiger partial charge is 0.243 e. The van der Waals surface area contributed by atoms with Gasteiger partial charge in [-0.1, -0.05) is 36.4 Å². The number of ether oxygens (including phenoxy) is 1. The Hall–Kier alpha value is -3.46. The fourth-order valence-corrected chi connectivity index (χ4v) is 7.18. The van der Waals surface area contributed by atoms with Gasteiger partial charge in [0, 0.05) is 54.7 Å². The van der Waals surface area contributed by atoms with Gasteiger partial charge in [-0.2, -0.15) is 4.31 Å². The van der Waals surface area contributed by atoms with Crippen molar-refractivity contribution >= 4 is 38.4 Å². The third-order valence-electron chi connectivity index (χ3n) is 7.82. The van der Waals surface area contributed by atoms with E-state index < -0.39 is 10.0 Å². The Morgan fingerprint density at radius 3 is 2.38 bits per heavy atom. The average molecular weight is 543 g/mol. The van der Waals surface area contributed by atoms with Crippen LogP contribution in [0.25, 0.3) is 16.5 Å². The summed E-state index contributed by atoms with van der Waals surface area (Å²) in [5.74, 6) is 0. The van der Waals surface area contributed by atoms with Crippen molar-refractivity contribution in [1.82, 2.24) is 8.87 Å². The largest absolute Gasteiger partial charge is 0.379 e. The van der Waals surface area contributed by atoms with Crippen molar-refractivity contribution in [1.29, 1.82) is 0 Å². The highest BCUT2D eigenvalue weighted by atomic mass is 32.2. The van der Waals surface area contributed by atoms with E-state index in [1.807, 2.05) is 42.6 Å². The zero-order chi connectivity index (χ0) is 27.0. The minimum atomic E-state index is -3.62. The van der Waals surface area contributed by atoms with Gasteiger partial charge < -0.3 is 14.2 Å². The van der Waals surface area contributed by atoms with E-state index >= 15 is 0 Å². The summed E-state index contributed by atoms with van der Waals surface area (Å²) in [6.45, 7) is 7.69. The van der Waals surface area contributed by atoms with Crippen molar-refractivity contribution in [3.63, 3.8) is 0 Å². The zero-order valence-electron chi connectivity index (χ0n) is 22.5. The maximum Gasteiger partial charge on any atom is 0.243 e. The predicted molar refractivity (Wildman–Crippen MR) is 157 cm³/mol. The van der Waals surface area contributed by atoms with Gasteiger partial charge in [-0.05, 0) is 62.4 Å². The molecule has 0 amide bonds. The molecule has 2 fully saturated rings. The molecule has 2 aliphatic heterocycles. The van der Waals surface area contributed by atoms with Gasteiger partial charge >= 0.3 is 0 Å². The van der Waals surface area contributed by atoms with E-state index in [0.29, 0.717) is 31.2 Å². The normalized spacial score (nSPS) is 17.0. The summed E-state index contributed by atoms with van der Waals surface area (Å²) in [5.41, 5.74) is 5.95. The number of aromatic nitrogens is 1. The molecule has 0 saturated carbocycles. The predicted octanol–water partition coefficient (Wildman–Crippen LogP) is 5.62. The number of aryl methyl sites for hydroxylation is 1. The lowest BCUT2D eigenvalue weighted by atomic mass is 10.1. The second-order valence-corrected chi connectivity index (χ2v) is 12.2. The van der Waals surface area contributed by atoms with E-state index in [9.17, 15) is 8.42 Å². The zero-order valence-corrected chi connectivity index (χ0v) is 23.3. The van der Waals surface area contributed by atoms with Gasteiger partial charge in [0.1, 0.15) is 0 Å². The van der Waals surface area contributed by atoms with Crippen molar-refractivity contribution in [2.75, 3.05) is 44.3 Å². The Balaban J connectivity index is 1.43. The molecule has 202 valence electrons. The number of fused-ring (bicyclic) bond motifs is 1. The van der Waals surface area contributed by atoms with Gasteiger partial charge in [0.05, 0.1) is 35.2 Å². The summed E-state index contributed by atoms with van der Waals surface area (Å²) in [7, 11) is -3.62. The highest BCUT2D eigenvalue weighted by Gasteiger charge is 2.28. The number of hydrogen-bond donors (Lipinski definition) is 0. The first-order valence-corrected chi connectivity index (χ1v) is 15.1. The first kappa shape index (κ1) is 25.8. The van der Waals surface area contributed by atoms with Gasteiger partial charge in [0.25, 0.3) is 0 Å². The number of nitrogens with zero attached hydrogens (tertiary/aromatic N) is 4. The van der Waals surface area contributed by atoms with Crippen molar-refractivity contribution in [3.05, 3.63) is 83.7 Å². The Morgan fingerprint density at radius 2 is 1.59 bits per heavy atom. The third kappa shape index (κ3) is 4.88. The molecule has 0 aliphatic carbocycles. The molecule has 7 nitrogen and oxygen atoms in total. The lowest BCUT2D eigenvalue weighted by Gasteiger charge is -2.28. The number of aliphatic imine (C=N–C) groups is 1. The molecule has 1 aromatic heterocycles. The second-order valence-electron chi connectivity index (χ2n) is 10.3. The standard InChI is InChI=1S/C31H34N4O3S/c1-23-20-26(22-32-29-11-7-9-25-8-3-4-10-28(25)29)24(2)35(23)31-21-27(12-13-30(31)33-14-5-6-15-33)39(36,37)34-16-18-38-19-17-34/h3-4,7-13,20-22H,5-6,14-19H2,1-2H3. The molecule has 2 saturated heterocycles. The Morgan fingerprint density at radius 1 is 0.846 bits per heavy atom. The fourth-order valence-electron chi connectivity index (χ4n) is 5.75. The van der Waals surface area contributed by atoms with Gasteiger partial charge in [-0.3, -0.25) is 4.99 Å². The molecule has 39 heavy (non-hydrogen) atoms. The van der Waals surface area contributed by atoms with Crippen molar-refractivity contribution < 1.29 is 13.2 Å². The quantitative estimate of drug-likeness (QED) is 0.297. The molecule has 0 bridgehead atoms. The molecule has 0 spiro atoms. The van der Waals surface area contributed by atoms with Crippen LogP contribution in [0.4, 0.5) is 11.4 Å². The van der Waals surface area contributed by atoms with Crippen molar-refractivity contribution in [2.45, 2.75) is 31.6 Å². The number of benzene rings is 3. The van der Waals surface area contributed by atoms with E-state index in [2.05, 4.69) is 47.6 Å². The summed E-state index contributed by atoms with van der Waals surface area (Å²) in [6.07, 6.45) is 4.20. The highest BCUT2D eigenvalue weighted by molar-refractivity contribution is 7.89. The van der Waals surface area contributed by atoms with E-state index in [4.69, 9.17) is 9.73 Å². The van der Waals surface area contributed by atoms with E-state index in [-0.39, 0.29) is 0 Å². The molecule has 2 aliphatic rings. The molecule has 0 N–H and O–H groups in total. The molecule has 3 heterocycles. The van der Waals surface area contributed by atoms with Gasteiger partial charge in [-0.15, -0.1) is 0 Å². The Kier molecular flexibility index (Phi) is 7.01. The summed E-state index contributed by atoms with van der Waals surface area (Å²) in [6, 6.07) is 22.1. The first-order chi connectivity index (χ1) is 18.9. The molecule has 6 rings (SSSR count). The van der Waals surface area contributed by atoms with Crippen LogP contribution in [0.3, 0.4) is 0 Å². The fraction of sp³-hybridized carbons (Fsp3) is 0.323. The molecular formula is C31H34N4O3S. The molecular weight excluding hydrogens is 508 g/mol. The Bertz CT molecular complexity index is 1640. The van der Waals surface area contributed by atoms with Gasteiger partial charge in [0.2, 0.25) is 10.0 Å². The Labute approximate surface area is 230 Å². The molecule has 8 heteroatoms. The van der Waals surface area contributed by atoms with Crippen molar-refractivity contribution in [3.8, 4) is 5.69 Å². The van der Waals surface area contributed by atoms with Crippen molar-refractivity contribution in [2.24, 2.45) is 4.99 Å². The van der Waals surface area contributed by atoms with Crippen LogP contribution in [0, 0.1) is 13.8 Å². The van der Waals surface area contributed by atoms with Crippen LogP contribution in [0.5, 0.6) is 0 Å². The molecule has 0 atom stereocenters. The molecule has 4 aromatic rings. The minimum Gasteiger partial charge on any atom is -0.379 e. The SMILES string of the molecule is Cc1cc(C=Nc2cccc3ccccc23)c(C)n1-c1cc(S(=O)(=O)N2CCOCC2)ccc1N1CCCC1. The van der Waals surface area contributed by atoms with Crippen LogP contribution in [0.1, 0.15) is 29.8 Å². The van der Waals surface area contributed by atoms with Crippen LogP contribution >= 0.6 is 0 Å². The molecule has 0 unspecified atom stereocenters. The summed E-state index contributed by atoms with van der Waals surface area (Å²) >= 11 is 0. The number of morpholine rings is 1. The third-order valence-corrected chi connectivity index (χ3v) is 9.72. The maximum atomic E-state index is 13.6. The van der Waals surface area contributed by atoms with E-state index in [1.165, 1.54) is 4.31 Å². The van der Waals surface area contributed by atoms with Gasteiger partial charge in [-0.25, -0.2) is 8.42 Å². The first-order valence-electron chi connectivity index (χ1n) is 13.6. The summed E-state index contributed by atoms with van der Waals surface area (Å²) in [4.78, 5) is 7.55. The van der Waals surface area contributed by atoms with Gasteiger partial charge in [0.15, 0.2) is 0 Å². The number of rotatable bonds is 6. The molecule has 3 aromatic carbocycles. The van der Waals surface area contributed by atoms with Crippen LogP contribution in [0.15, 0.2) is 76.6 Å². The monoisotopic (exact) mass is 542 g/mol. The summed E-state index contributed by atoms with van der Waals surface area (Å²) in [5, 5.41) is 2.27. The summed E-state index contributed by atoms with van der Waals surface area (Å²) < 4.78 is 36.2. The highest BCUT2D eigenvalue weighted by Crippen LogP contribution is 2.34. The number of sulfonamides is 1. The number of hydrogen-bond acceptors (Lipinski definition) is 5. The lowest BCUT2D eigenvalue weighted by Crippen LogP contribution is -2.40. The second kappa shape index (κ2) is 10.6. The molecule has 0 radical (unpaired) electrons. The van der Waals surface area contributed by atoms with Crippen LogP contribution < -0.4 is 4.90 Å². The van der Waals surface area contributed by atoms with E-state index in [0.717, 1.165) is 70.7 Å².